The Kier molecular flexibility index (Phi) is 9.71. The molecule has 59 heavy (non-hydrogen) atoms. The summed E-state index contributed by atoms with van der Waals surface area (Å²) in [5, 5.41) is 8.54. The molecular weight excluding hydrogens is 778 g/mol. The second kappa shape index (κ2) is 15.6. The highest BCUT2D eigenvalue weighted by Gasteiger charge is 2.41. The van der Waals surface area contributed by atoms with Crippen molar-refractivity contribution in [2.75, 3.05) is 0 Å². The lowest BCUT2D eigenvalue weighted by Crippen LogP contribution is -2.74. The fourth-order valence-electron chi connectivity index (χ4n) is 8.73. The molecule has 0 amide bonds. The molecule has 0 spiro atoms. The average molecular weight is 815 g/mol. The van der Waals surface area contributed by atoms with Crippen LogP contribution in [0, 0.1) is 0 Å². The van der Waals surface area contributed by atoms with Gasteiger partial charge in [-0.25, -0.2) is 0 Å². The van der Waals surface area contributed by atoms with Gasteiger partial charge in [0.25, 0.3) is 0 Å². The Morgan fingerprint density at radius 2 is 0.898 bits per heavy atom. The molecule has 0 unspecified atom stereocenters. The van der Waals surface area contributed by atoms with E-state index in [9.17, 15) is 0 Å². The third kappa shape index (κ3) is 6.54. The van der Waals surface area contributed by atoms with Crippen molar-refractivity contribution >= 4 is 73.8 Å². The van der Waals surface area contributed by atoms with E-state index < -0.39 is 8.07 Å². The van der Waals surface area contributed by atoms with Crippen LogP contribution >= 0.6 is 23.2 Å². The van der Waals surface area contributed by atoms with Crippen LogP contribution in [0.2, 0.25) is 10.0 Å². The van der Waals surface area contributed by atoms with E-state index in [1.54, 1.807) is 0 Å². The molecule has 0 N–H and O–H groups in total. The number of benzene rings is 9. The molecule has 1 heterocycles. The van der Waals surface area contributed by atoms with E-state index in [4.69, 9.17) is 27.9 Å². The van der Waals surface area contributed by atoms with E-state index in [1.807, 2.05) is 24.3 Å². The number of halogens is 2. The van der Waals surface area contributed by atoms with Gasteiger partial charge < -0.3 is 9.30 Å². The van der Waals surface area contributed by atoms with Gasteiger partial charge in [0.15, 0.2) is 8.07 Å². The Bertz CT molecular complexity index is 2940. The van der Waals surface area contributed by atoms with Crippen LogP contribution in [-0.2, 0) is 0 Å². The molecule has 10 aromatic rings. The largest absolute Gasteiger partial charge is 0.456 e. The van der Waals surface area contributed by atoms with E-state index in [1.165, 1.54) is 31.5 Å². The predicted octanol–water partition coefficient (Wildman–Crippen LogP) is 12.6. The zero-order valence-electron chi connectivity index (χ0n) is 32.0. The molecule has 0 saturated carbocycles. The highest BCUT2D eigenvalue weighted by molar-refractivity contribution is 7.19. The summed E-state index contributed by atoms with van der Waals surface area (Å²) in [7, 11) is -2.67. The monoisotopic (exact) mass is 813 g/mol. The van der Waals surface area contributed by atoms with Crippen molar-refractivity contribution in [2.45, 2.75) is 0 Å². The van der Waals surface area contributed by atoms with Crippen molar-refractivity contribution in [3.05, 3.63) is 235 Å². The Morgan fingerprint density at radius 1 is 0.390 bits per heavy atom. The molecule has 5 heteroatoms. The molecule has 0 radical (unpaired) electrons. The van der Waals surface area contributed by atoms with Gasteiger partial charge in [-0.3, -0.25) is 0 Å². The van der Waals surface area contributed by atoms with Gasteiger partial charge in [0.1, 0.15) is 16.5 Å². The van der Waals surface area contributed by atoms with E-state index >= 15 is 0 Å². The van der Waals surface area contributed by atoms with E-state index in [2.05, 4.69) is 205 Å². The molecule has 9 aromatic carbocycles. The Labute approximate surface area is 355 Å². The van der Waals surface area contributed by atoms with E-state index in [-0.39, 0.29) is 0 Å². The Balaban J connectivity index is 1.01. The molecule has 0 atom stereocenters. The molecule has 2 nitrogen and oxygen atoms in total. The highest BCUT2D eigenvalue weighted by Crippen LogP contribution is 2.42. The first-order chi connectivity index (χ1) is 29.1. The first-order valence-electron chi connectivity index (χ1n) is 19.7. The summed E-state index contributed by atoms with van der Waals surface area (Å²) >= 11 is 13.8. The molecule has 0 bridgehead atoms. The van der Waals surface area contributed by atoms with Gasteiger partial charge in [-0.1, -0.05) is 205 Å². The molecule has 10 rings (SSSR count). The van der Waals surface area contributed by atoms with Crippen molar-refractivity contribution in [3.63, 3.8) is 0 Å². The van der Waals surface area contributed by atoms with Gasteiger partial charge in [0.2, 0.25) is 0 Å². The van der Waals surface area contributed by atoms with Gasteiger partial charge in [0.05, 0.1) is 21.7 Å². The van der Waals surface area contributed by atoms with Gasteiger partial charge in [-0.15, -0.1) is 0 Å². The third-order valence-corrected chi connectivity index (χ3v) is 16.9. The number of ether oxygens (including phenoxy) is 1. The zero-order chi connectivity index (χ0) is 39.8. The molecule has 0 aliphatic carbocycles. The molecule has 0 aliphatic heterocycles. The summed E-state index contributed by atoms with van der Waals surface area (Å²) in [4.78, 5) is 0. The number of rotatable bonds is 9. The predicted molar refractivity (Wildman–Crippen MR) is 252 cm³/mol. The number of para-hydroxylation sites is 3. The van der Waals surface area contributed by atoms with Gasteiger partial charge in [-0.05, 0) is 79.9 Å². The number of hydrogen-bond donors (Lipinski definition) is 0. The standard InChI is InChI=1S/C54H37Cl2NOSi/c55-49-36-40(46-25-10-13-28-50(46)57-51-29-14-11-26-47(51)48-27-12-15-30-52(48)57)37-53(54(49)56)58-41-33-31-38(32-34-41)39-17-16-24-45(35-39)59(42-18-4-1-5-19-42,43-20-6-2-7-21-43)44-22-8-3-9-23-44/h1-37H. The Hall–Kier alpha value is -6.62. The van der Waals surface area contributed by atoms with Crippen LogP contribution in [0.5, 0.6) is 11.5 Å². The van der Waals surface area contributed by atoms with Crippen molar-refractivity contribution < 1.29 is 4.74 Å². The summed E-state index contributed by atoms with van der Waals surface area (Å²) in [6, 6.07) is 79.6. The number of hydrogen-bond acceptors (Lipinski definition) is 1. The van der Waals surface area contributed by atoms with Crippen molar-refractivity contribution in [1.29, 1.82) is 0 Å². The van der Waals surface area contributed by atoms with Crippen LogP contribution in [0.25, 0.3) is 49.7 Å². The molecule has 0 aliphatic rings. The summed E-state index contributed by atoms with van der Waals surface area (Å²) in [6.07, 6.45) is 0. The van der Waals surface area contributed by atoms with Crippen molar-refractivity contribution in [1.82, 2.24) is 4.57 Å². The maximum absolute atomic E-state index is 6.88. The number of nitrogens with zero attached hydrogens (tertiary/aromatic N) is 1. The first kappa shape index (κ1) is 36.7. The van der Waals surface area contributed by atoms with Crippen LogP contribution in [0.1, 0.15) is 0 Å². The maximum atomic E-state index is 6.88. The molecule has 0 fully saturated rings. The number of aromatic nitrogens is 1. The summed E-state index contributed by atoms with van der Waals surface area (Å²) in [5.74, 6) is 1.16. The minimum absolute atomic E-state index is 0.366. The van der Waals surface area contributed by atoms with Crippen molar-refractivity contribution in [3.8, 4) is 39.4 Å². The SMILES string of the molecule is Clc1cc(-c2ccccc2-n2c3ccccc3c3ccccc32)cc(Oc2ccc(-c3cccc([Si](c4ccccc4)(c4ccccc4)c4ccccc4)c3)cc2)c1Cl. The molecular formula is C54H37Cl2NOSi. The second-order valence-electron chi connectivity index (χ2n) is 14.7. The Morgan fingerprint density at radius 3 is 1.49 bits per heavy atom. The molecule has 1 aromatic heterocycles. The highest BCUT2D eigenvalue weighted by atomic mass is 35.5. The van der Waals surface area contributed by atoms with Crippen LogP contribution in [-0.4, -0.2) is 12.6 Å². The summed E-state index contributed by atoms with van der Waals surface area (Å²) in [5.41, 5.74) is 7.46. The zero-order valence-corrected chi connectivity index (χ0v) is 34.5. The first-order valence-corrected chi connectivity index (χ1v) is 22.5. The smallest absolute Gasteiger partial charge is 0.179 e. The lowest BCUT2D eigenvalue weighted by Gasteiger charge is -2.34. The van der Waals surface area contributed by atoms with Gasteiger partial charge in [0, 0.05) is 16.3 Å². The summed E-state index contributed by atoms with van der Waals surface area (Å²) in [6.45, 7) is 0. The minimum atomic E-state index is -2.67. The van der Waals surface area contributed by atoms with Crippen LogP contribution in [0.15, 0.2) is 224 Å². The summed E-state index contributed by atoms with van der Waals surface area (Å²) < 4.78 is 8.87. The fraction of sp³-hybridized carbons (Fsp3) is 0. The van der Waals surface area contributed by atoms with E-state index in [0.717, 1.165) is 39.0 Å². The fourth-order valence-corrected chi connectivity index (χ4v) is 13.9. The lowest BCUT2D eigenvalue weighted by molar-refractivity contribution is 0.483. The normalized spacial score (nSPS) is 11.6. The van der Waals surface area contributed by atoms with Gasteiger partial charge in [-0.2, -0.15) is 0 Å². The van der Waals surface area contributed by atoms with Gasteiger partial charge >= 0.3 is 0 Å². The van der Waals surface area contributed by atoms with Crippen LogP contribution in [0.4, 0.5) is 0 Å². The minimum Gasteiger partial charge on any atom is -0.456 e. The topological polar surface area (TPSA) is 14.2 Å². The van der Waals surface area contributed by atoms with E-state index in [0.29, 0.717) is 21.5 Å². The molecule has 282 valence electrons. The maximum Gasteiger partial charge on any atom is 0.179 e. The molecule has 0 saturated heterocycles. The average Bonchev–Trinajstić information content (AvgIpc) is 3.64. The van der Waals surface area contributed by atoms with Crippen LogP contribution < -0.4 is 25.5 Å². The number of fused-ring (bicyclic) bond motifs is 3. The van der Waals surface area contributed by atoms with Crippen molar-refractivity contribution in [2.24, 2.45) is 0 Å². The third-order valence-electron chi connectivity index (χ3n) is 11.4. The lowest BCUT2D eigenvalue weighted by atomic mass is 10.0. The van der Waals surface area contributed by atoms with Crippen LogP contribution in [0.3, 0.4) is 0 Å². The second-order valence-corrected chi connectivity index (χ2v) is 19.3. The quantitative estimate of drug-likeness (QED) is 0.105.